The molecule has 2 rings (SSSR count). The van der Waals surface area contributed by atoms with E-state index < -0.39 is 26.3 Å². The van der Waals surface area contributed by atoms with E-state index >= 15 is 0 Å². The van der Waals surface area contributed by atoms with Crippen molar-refractivity contribution in [3.63, 3.8) is 0 Å². The van der Waals surface area contributed by atoms with Crippen LogP contribution in [0.25, 0.3) is 0 Å². The fraction of sp³-hybridized carbons (Fsp3) is 0.391. The Bertz CT molecular complexity index is 1100. The molecule has 0 aliphatic carbocycles. The maximum absolute atomic E-state index is 12.4. The Kier molecular flexibility index (Phi) is 10.1. The van der Waals surface area contributed by atoms with Gasteiger partial charge in [0, 0.05) is 25.9 Å². The molecule has 0 saturated carbocycles. The highest BCUT2D eigenvalue weighted by Crippen LogP contribution is 2.34. The predicted molar refractivity (Wildman–Crippen MR) is 126 cm³/mol. The van der Waals surface area contributed by atoms with Gasteiger partial charge in [0.2, 0.25) is 5.75 Å². The molecular weight excluding hydrogens is 477 g/mol. The molecule has 1 aromatic carbocycles. The maximum Gasteiger partial charge on any atom is 0.414 e. The van der Waals surface area contributed by atoms with Crippen molar-refractivity contribution >= 4 is 26.5 Å². The molecule has 12 heteroatoms. The SMILES string of the molecule is Cc1ncc(COc2ccccc2O[P+]([O-])=N[C@@H](C)C(=O)OC(C)C)c(C=O)c1OC(=O)N(C)C. The van der Waals surface area contributed by atoms with E-state index in [0.29, 0.717) is 17.5 Å². The van der Waals surface area contributed by atoms with Crippen molar-refractivity contribution in [3.8, 4) is 17.2 Å². The van der Waals surface area contributed by atoms with Crippen LogP contribution in [0.4, 0.5) is 4.79 Å². The van der Waals surface area contributed by atoms with Gasteiger partial charge in [0.15, 0.2) is 23.8 Å². The second-order valence-electron chi connectivity index (χ2n) is 7.83. The average Bonchev–Trinajstić information content (AvgIpc) is 2.79. The Morgan fingerprint density at radius 2 is 1.86 bits per heavy atom. The van der Waals surface area contributed by atoms with Crippen molar-refractivity contribution < 1.29 is 38.0 Å². The van der Waals surface area contributed by atoms with Gasteiger partial charge in [0.05, 0.1) is 17.4 Å². The second kappa shape index (κ2) is 12.8. The van der Waals surface area contributed by atoms with Gasteiger partial charge in [0.1, 0.15) is 6.61 Å². The summed E-state index contributed by atoms with van der Waals surface area (Å²) in [5, 5.41) is 0. The number of pyridine rings is 1. The molecule has 0 saturated heterocycles. The number of rotatable bonds is 10. The van der Waals surface area contributed by atoms with E-state index in [4.69, 9.17) is 18.7 Å². The number of benzene rings is 1. The number of aromatic nitrogens is 1. The zero-order chi connectivity index (χ0) is 26.1. The van der Waals surface area contributed by atoms with Crippen LogP contribution in [-0.4, -0.2) is 54.5 Å². The van der Waals surface area contributed by atoms with Gasteiger partial charge in [-0.2, -0.15) is 0 Å². The highest BCUT2D eigenvalue weighted by atomic mass is 31.1. The first-order chi connectivity index (χ1) is 16.5. The number of amides is 1. The van der Waals surface area contributed by atoms with E-state index in [1.54, 1.807) is 39.0 Å². The summed E-state index contributed by atoms with van der Waals surface area (Å²) in [6, 6.07) is 5.43. The molecule has 1 amide bonds. The summed E-state index contributed by atoms with van der Waals surface area (Å²) in [5.74, 6) is -0.245. The second-order valence-corrected chi connectivity index (χ2v) is 8.72. The summed E-state index contributed by atoms with van der Waals surface area (Å²) in [6.45, 7) is 6.33. The summed E-state index contributed by atoms with van der Waals surface area (Å²) in [7, 11) is 0.423. The molecule has 0 spiro atoms. The number of hydrogen-bond acceptors (Lipinski definition) is 10. The summed E-state index contributed by atoms with van der Waals surface area (Å²) >= 11 is 0. The van der Waals surface area contributed by atoms with Gasteiger partial charge in [-0.05, 0) is 39.8 Å². The summed E-state index contributed by atoms with van der Waals surface area (Å²) in [4.78, 5) is 53.4. The first-order valence-corrected chi connectivity index (χ1v) is 11.8. The van der Waals surface area contributed by atoms with Gasteiger partial charge in [-0.3, -0.25) is 14.3 Å². The Balaban J connectivity index is 2.21. The predicted octanol–water partition coefficient (Wildman–Crippen LogP) is 3.42. The van der Waals surface area contributed by atoms with E-state index in [1.165, 1.54) is 38.2 Å². The van der Waals surface area contributed by atoms with E-state index in [2.05, 4.69) is 9.73 Å². The average molecular weight is 505 g/mol. The van der Waals surface area contributed by atoms with E-state index in [-0.39, 0.29) is 35.5 Å². The minimum atomic E-state index is -2.61. The number of aldehydes is 1. The molecule has 35 heavy (non-hydrogen) atoms. The van der Waals surface area contributed by atoms with Gasteiger partial charge in [-0.1, -0.05) is 16.9 Å². The van der Waals surface area contributed by atoms with Crippen molar-refractivity contribution in [2.75, 3.05) is 14.1 Å². The lowest BCUT2D eigenvalue weighted by molar-refractivity contribution is -0.170. The molecule has 188 valence electrons. The highest BCUT2D eigenvalue weighted by Gasteiger charge is 2.22. The van der Waals surface area contributed by atoms with Crippen LogP contribution in [-0.2, 0) is 16.1 Å². The Morgan fingerprint density at radius 1 is 1.20 bits per heavy atom. The van der Waals surface area contributed by atoms with Gasteiger partial charge >= 0.3 is 20.2 Å². The van der Waals surface area contributed by atoms with Crippen molar-refractivity contribution in [1.29, 1.82) is 0 Å². The van der Waals surface area contributed by atoms with Crippen LogP contribution in [0.15, 0.2) is 35.2 Å². The minimum Gasteiger partial charge on any atom is -0.575 e. The molecule has 0 aliphatic rings. The van der Waals surface area contributed by atoms with E-state index in [0.717, 1.165) is 0 Å². The third-order valence-electron chi connectivity index (χ3n) is 4.37. The number of carbonyl (C=O) groups excluding carboxylic acids is 3. The molecule has 0 bridgehead atoms. The summed E-state index contributed by atoms with van der Waals surface area (Å²) in [5.41, 5.74) is 0.837. The fourth-order valence-corrected chi connectivity index (χ4v) is 3.37. The standard InChI is InChI=1S/C23H28N3O8P/c1-14(2)32-22(28)16(4)25-35(30)34-20-10-8-7-9-19(20)31-13-17-11-24-15(3)21(18(17)12-27)33-23(29)26(5)6/h7-12,14,16H,13H2,1-6H3/t16-/m0/s1. The molecule has 1 unspecified atom stereocenters. The van der Waals surface area contributed by atoms with Crippen LogP contribution >= 0.6 is 8.17 Å². The molecule has 11 nitrogen and oxygen atoms in total. The van der Waals surface area contributed by atoms with E-state index in [9.17, 15) is 19.3 Å². The Hall–Kier alpha value is -3.56. The lowest BCUT2D eigenvalue weighted by Crippen LogP contribution is -2.26. The fourth-order valence-electron chi connectivity index (χ4n) is 2.62. The minimum absolute atomic E-state index is 0.0356. The Labute approximate surface area is 204 Å². The molecule has 1 heterocycles. The molecule has 2 aromatic rings. The topological polar surface area (TPSA) is 140 Å². The van der Waals surface area contributed by atoms with Gasteiger partial charge in [-0.25, -0.2) is 9.59 Å². The number of nitrogens with zero attached hydrogens (tertiary/aromatic N) is 3. The first-order valence-electron chi connectivity index (χ1n) is 10.6. The van der Waals surface area contributed by atoms with Crippen LogP contribution in [0, 0.1) is 6.92 Å². The monoisotopic (exact) mass is 505 g/mol. The van der Waals surface area contributed by atoms with Crippen molar-refractivity contribution in [2.45, 2.75) is 46.4 Å². The van der Waals surface area contributed by atoms with Crippen molar-refractivity contribution in [1.82, 2.24) is 9.88 Å². The van der Waals surface area contributed by atoms with E-state index in [1.807, 2.05) is 0 Å². The van der Waals surface area contributed by atoms with Crippen LogP contribution in [0.2, 0.25) is 0 Å². The van der Waals surface area contributed by atoms with Gasteiger partial charge < -0.3 is 24.0 Å². The van der Waals surface area contributed by atoms with Crippen LogP contribution < -0.4 is 18.9 Å². The maximum atomic E-state index is 12.4. The van der Waals surface area contributed by atoms with Crippen LogP contribution in [0.5, 0.6) is 17.2 Å². The first kappa shape index (κ1) is 27.7. The number of aryl methyl sites for hydroxylation is 1. The normalized spacial score (nSPS) is 12.1. The molecule has 1 aromatic heterocycles. The number of esters is 1. The lowest BCUT2D eigenvalue weighted by atomic mass is 10.1. The smallest absolute Gasteiger partial charge is 0.414 e. The number of ether oxygens (including phenoxy) is 3. The number of carbonyl (C=O) groups is 3. The highest BCUT2D eigenvalue weighted by molar-refractivity contribution is 7.34. The molecule has 0 radical (unpaired) electrons. The zero-order valence-corrected chi connectivity index (χ0v) is 21.3. The third kappa shape index (κ3) is 8.01. The Morgan fingerprint density at radius 3 is 2.46 bits per heavy atom. The van der Waals surface area contributed by atoms with Crippen molar-refractivity contribution in [2.24, 2.45) is 4.74 Å². The third-order valence-corrected chi connectivity index (χ3v) is 5.26. The van der Waals surface area contributed by atoms with Crippen LogP contribution in [0.3, 0.4) is 0 Å². The largest absolute Gasteiger partial charge is 0.575 e. The molecule has 2 atom stereocenters. The summed E-state index contributed by atoms with van der Waals surface area (Å²) in [6.07, 6.45) is 1.01. The molecule has 0 aliphatic heterocycles. The summed E-state index contributed by atoms with van der Waals surface area (Å²) < 4.78 is 25.3. The van der Waals surface area contributed by atoms with Gasteiger partial charge in [-0.15, -0.1) is 0 Å². The van der Waals surface area contributed by atoms with Crippen molar-refractivity contribution in [3.05, 3.63) is 47.3 Å². The van der Waals surface area contributed by atoms with Gasteiger partial charge in [0.25, 0.3) is 0 Å². The number of hydrogen-bond donors (Lipinski definition) is 0. The zero-order valence-electron chi connectivity index (χ0n) is 20.4. The number of para-hydroxylation sites is 2. The molecular formula is C23H28N3O8P. The molecule has 0 fully saturated rings. The quantitative estimate of drug-likeness (QED) is 0.270. The van der Waals surface area contributed by atoms with Crippen LogP contribution in [0.1, 0.15) is 42.4 Å². The molecule has 0 N–H and O–H groups in total. The lowest BCUT2D eigenvalue weighted by Gasteiger charge is -2.16.